The molecule has 0 radical (unpaired) electrons. The van der Waals surface area contributed by atoms with Crippen molar-refractivity contribution < 1.29 is 14.3 Å². The lowest BCUT2D eigenvalue weighted by Gasteiger charge is -2.09. The lowest BCUT2D eigenvalue weighted by atomic mass is 10.3. The van der Waals surface area contributed by atoms with Gasteiger partial charge in [0.15, 0.2) is 0 Å². The number of amides is 1. The first kappa shape index (κ1) is 16.9. The summed E-state index contributed by atoms with van der Waals surface area (Å²) in [6, 6.07) is 3.53. The molecule has 0 unspecified atom stereocenters. The number of ether oxygens (including phenoxy) is 2. The number of anilines is 1. The van der Waals surface area contributed by atoms with Crippen LogP contribution in [0, 0.1) is 0 Å². The first-order valence-corrected chi connectivity index (χ1v) is 7.18. The molecule has 124 valence electrons. The number of rotatable bonds is 8. The Balaban J connectivity index is 2.25. The van der Waals surface area contributed by atoms with Gasteiger partial charge in [0, 0.05) is 39.7 Å². The molecule has 0 fully saturated rings. The van der Waals surface area contributed by atoms with E-state index in [-0.39, 0.29) is 5.56 Å². The first-order valence-electron chi connectivity index (χ1n) is 7.18. The maximum atomic E-state index is 12.5. The number of fused-ring (bicyclic) bond motifs is 1. The van der Waals surface area contributed by atoms with E-state index in [1.165, 1.54) is 17.7 Å². The van der Waals surface area contributed by atoms with Gasteiger partial charge >= 0.3 is 0 Å². The van der Waals surface area contributed by atoms with Crippen LogP contribution >= 0.6 is 0 Å². The highest BCUT2D eigenvalue weighted by atomic mass is 16.5. The van der Waals surface area contributed by atoms with E-state index in [0.717, 1.165) is 5.69 Å². The third-order valence-electron chi connectivity index (χ3n) is 3.17. The third kappa shape index (κ3) is 4.27. The van der Waals surface area contributed by atoms with Crippen LogP contribution in [0.25, 0.3) is 5.65 Å². The van der Waals surface area contributed by atoms with E-state index >= 15 is 0 Å². The lowest BCUT2D eigenvalue weighted by molar-refractivity contribution is 0.0935. The number of hydrogen-bond donors (Lipinski definition) is 2. The second kappa shape index (κ2) is 8.25. The number of aromatic nitrogens is 2. The Kier molecular flexibility index (Phi) is 6.07. The second-order valence-corrected chi connectivity index (χ2v) is 4.79. The fourth-order valence-electron chi connectivity index (χ4n) is 2.00. The maximum Gasteiger partial charge on any atom is 0.270 e. The largest absolute Gasteiger partial charge is 0.383 e. The molecular weight excluding hydrogens is 300 g/mol. The van der Waals surface area contributed by atoms with Gasteiger partial charge in [0.05, 0.1) is 18.9 Å². The van der Waals surface area contributed by atoms with Crippen molar-refractivity contribution in [2.75, 3.05) is 45.8 Å². The molecule has 0 atom stereocenters. The molecule has 8 nitrogen and oxygen atoms in total. The molecule has 0 aliphatic rings. The maximum absolute atomic E-state index is 12.5. The number of carbonyl (C=O) groups is 1. The van der Waals surface area contributed by atoms with Crippen LogP contribution in [0.15, 0.2) is 29.3 Å². The summed E-state index contributed by atoms with van der Waals surface area (Å²) < 4.78 is 11.2. The van der Waals surface area contributed by atoms with Crippen LogP contribution in [-0.2, 0) is 9.47 Å². The standard InChI is InChI=1S/C15H20N4O4/c1-22-7-5-16-11-3-4-13-18-9-12(15(21)19(13)10-11)14(20)17-6-8-23-2/h3-4,9-10,16H,5-8H2,1-2H3,(H,17,20). The van der Waals surface area contributed by atoms with E-state index in [0.29, 0.717) is 32.0 Å². The molecule has 2 rings (SSSR count). The van der Waals surface area contributed by atoms with Crippen LogP contribution in [0.1, 0.15) is 10.4 Å². The van der Waals surface area contributed by atoms with Crippen molar-refractivity contribution in [1.82, 2.24) is 14.7 Å². The zero-order valence-corrected chi connectivity index (χ0v) is 13.2. The molecule has 23 heavy (non-hydrogen) atoms. The van der Waals surface area contributed by atoms with Crippen LogP contribution < -0.4 is 16.2 Å². The highest BCUT2D eigenvalue weighted by Crippen LogP contribution is 2.08. The number of nitrogens with zero attached hydrogens (tertiary/aromatic N) is 2. The predicted octanol–water partition coefficient (Wildman–Crippen LogP) is 0.129. The quantitative estimate of drug-likeness (QED) is 0.672. The van der Waals surface area contributed by atoms with Gasteiger partial charge in [-0.2, -0.15) is 0 Å². The fraction of sp³-hybridized carbons (Fsp3) is 0.400. The zero-order chi connectivity index (χ0) is 16.7. The summed E-state index contributed by atoms with van der Waals surface area (Å²) >= 11 is 0. The van der Waals surface area contributed by atoms with Crippen molar-refractivity contribution in [3.63, 3.8) is 0 Å². The molecule has 0 bridgehead atoms. The molecule has 2 heterocycles. The number of methoxy groups -OCH3 is 2. The third-order valence-corrected chi connectivity index (χ3v) is 3.17. The average Bonchev–Trinajstić information content (AvgIpc) is 2.56. The zero-order valence-electron chi connectivity index (χ0n) is 13.2. The Labute approximate surface area is 133 Å². The minimum absolute atomic E-state index is 0.00681. The summed E-state index contributed by atoms with van der Waals surface area (Å²) in [5.74, 6) is -0.466. The van der Waals surface area contributed by atoms with Gasteiger partial charge in [0.2, 0.25) is 0 Å². The second-order valence-electron chi connectivity index (χ2n) is 4.79. The molecule has 8 heteroatoms. The molecule has 0 aliphatic heterocycles. The molecule has 0 aromatic carbocycles. The fourth-order valence-corrected chi connectivity index (χ4v) is 2.00. The van der Waals surface area contributed by atoms with Crippen molar-refractivity contribution in [3.05, 3.63) is 40.4 Å². The van der Waals surface area contributed by atoms with Crippen LogP contribution in [0.3, 0.4) is 0 Å². The van der Waals surface area contributed by atoms with E-state index in [1.54, 1.807) is 19.4 Å². The number of carbonyl (C=O) groups excluding carboxylic acids is 1. The van der Waals surface area contributed by atoms with Crippen LogP contribution in [0.5, 0.6) is 0 Å². The van der Waals surface area contributed by atoms with Crippen LogP contribution in [-0.4, -0.2) is 55.8 Å². The molecule has 0 spiro atoms. The van der Waals surface area contributed by atoms with Crippen molar-refractivity contribution in [2.24, 2.45) is 0 Å². The molecular formula is C15H20N4O4. The normalized spacial score (nSPS) is 10.7. The van der Waals surface area contributed by atoms with Crippen molar-refractivity contribution in [1.29, 1.82) is 0 Å². The van der Waals surface area contributed by atoms with Gasteiger partial charge in [0.1, 0.15) is 11.2 Å². The predicted molar refractivity (Wildman–Crippen MR) is 86.0 cm³/mol. The van der Waals surface area contributed by atoms with Crippen LogP contribution in [0.2, 0.25) is 0 Å². The number of nitrogens with one attached hydrogen (secondary N) is 2. The topological polar surface area (TPSA) is 94.0 Å². The first-order chi connectivity index (χ1) is 11.2. The van der Waals surface area contributed by atoms with Gasteiger partial charge in [-0.05, 0) is 12.1 Å². The summed E-state index contributed by atoms with van der Waals surface area (Å²) in [7, 11) is 3.15. The Morgan fingerprint density at radius 1 is 1.22 bits per heavy atom. The molecule has 0 saturated heterocycles. The Hall–Kier alpha value is -2.45. The molecule has 1 amide bonds. The van der Waals surface area contributed by atoms with E-state index in [9.17, 15) is 9.59 Å². The number of hydrogen-bond acceptors (Lipinski definition) is 6. The van der Waals surface area contributed by atoms with E-state index in [4.69, 9.17) is 9.47 Å². The summed E-state index contributed by atoms with van der Waals surface area (Å²) in [6.07, 6.45) is 2.91. The summed E-state index contributed by atoms with van der Waals surface area (Å²) in [6.45, 7) is 1.87. The monoisotopic (exact) mass is 320 g/mol. The van der Waals surface area contributed by atoms with Crippen molar-refractivity contribution >= 4 is 17.2 Å². The molecule has 0 saturated carbocycles. The van der Waals surface area contributed by atoms with E-state index < -0.39 is 11.5 Å². The smallest absolute Gasteiger partial charge is 0.270 e. The highest BCUT2D eigenvalue weighted by Gasteiger charge is 2.13. The minimum Gasteiger partial charge on any atom is -0.383 e. The van der Waals surface area contributed by atoms with Gasteiger partial charge in [-0.15, -0.1) is 0 Å². The average molecular weight is 320 g/mol. The van der Waals surface area contributed by atoms with Gasteiger partial charge in [-0.1, -0.05) is 0 Å². The molecule has 2 N–H and O–H groups in total. The molecule has 2 aromatic heterocycles. The Morgan fingerprint density at radius 3 is 2.70 bits per heavy atom. The highest BCUT2D eigenvalue weighted by molar-refractivity contribution is 5.93. The Bertz CT molecular complexity index is 729. The molecule has 0 aliphatic carbocycles. The molecule has 2 aromatic rings. The lowest BCUT2D eigenvalue weighted by Crippen LogP contribution is -2.33. The SMILES string of the molecule is COCCNC(=O)c1cnc2ccc(NCCOC)cn2c1=O. The van der Waals surface area contributed by atoms with Gasteiger partial charge in [0.25, 0.3) is 11.5 Å². The number of pyridine rings is 1. The van der Waals surface area contributed by atoms with Crippen LogP contribution in [0.4, 0.5) is 5.69 Å². The Morgan fingerprint density at radius 2 is 1.96 bits per heavy atom. The van der Waals surface area contributed by atoms with E-state index in [1.807, 2.05) is 6.07 Å². The summed E-state index contributed by atoms with van der Waals surface area (Å²) in [5.41, 5.74) is 0.795. The van der Waals surface area contributed by atoms with Gasteiger partial charge in [-0.3, -0.25) is 14.0 Å². The van der Waals surface area contributed by atoms with E-state index in [2.05, 4.69) is 15.6 Å². The van der Waals surface area contributed by atoms with Gasteiger partial charge < -0.3 is 20.1 Å². The summed E-state index contributed by atoms with van der Waals surface area (Å²) in [5, 5.41) is 5.74. The summed E-state index contributed by atoms with van der Waals surface area (Å²) in [4.78, 5) is 28.6. The van der Waals surface area contributed by atoms with Gasteiger partial charge in [-0.25, -0.2) is 4.98 Å². The van der Waals surface area contributed by atoms with Crippen molar-refractivity contribution in [2.45, 2.75) is 0 Å². The van der Waals surface area contributed by atoms with Crippen molar-refractivity contribution in [3.8, 4) is 0 Å². The minimum atomic E-state index is -0.466.